The summed E-state index contributed by atoms with van der Waals surface area (Å²) in [4.78, 5) is 18.7. The van der Waals surface area contributed by atoms with Gasteiger partial charge in [-0.15, -0.1) is 12.4 Å². The molecule has 0 aliphatic heterocycles. The van der Waals surface area contributed by atoms with E-state index in [1.807, 2.05) is 24.3 Å². The number of carboxylic acid groups (broad SMARTS) is 2. The number of aliphatic carboxylic acids is 2. The van der Waals surface area contributed by atoms with Gasteiger partial charge in [-0.2, -0.15) is 0 Å². The zero-order valence-electron chi connectivity index (χ0n) is 16.4. The lowest BCUT2D eigenvalue weighted by Gasteiger charge is -2.06. The number of carbonyl (C=O) groups is 2. The van der Waals surface area contributed by atoms with Crippen molar-refractivity contribution in [3.05, 3.63) is 35.9 Å². The van der Waals surface area contributed by atoms with Crippen LogP contribution in [0.5, 0.6) is 11.5 Å². The summed E-state index contributed by atoms with van der Waals surface area (Å²) in [5, 5.41) is 39.5. The summed E-state index contributed by atoms with van der Waals surface area (Å²) in [6.07, 6.45) is 1.41. The van der Waals surface area contributed by atoms with Gasteiger partial charge >= 0.3 is 11.9 Å². The minimum absolute atomic E-state index is 0. The first-order valence-electron chi connectivity index (χ1n) is 8.84. The van der Waals surface area contributed by atoms with E-state index in [9.17, 15) is 19.8 Å². The van der Waals surface area contributed by atoms with Crippen LogP contribution in [-0.4, -0.2) is 45.5 Å². The van der Waals surface area contributed by atoms with E-state index in [0.717, 1.165) is 24.9 Å². The quantitative estimate of drug-likeness (QED) is 0.358. The minimum Gasteiger partial charge on any atom is -0.504 e. The first-order chi connectivity index (χ1) is 12.8. The van der Waals surface area contributed by atoms with Gasteiger partial charge in [-0.3, -0.25) is 9.59 Å². The second-order valence-electron chi connectivity index (χ2n) is 5.59. The van der Waals surface area contributed by atoms with Gasteiger partial charge in [0.05, 0.1) is 0 Å². The third kappa shape index (κ3) is 11.3. The van der Waals surface area contributed by atoms with Crippen LogP contribution in [0.1, 0.15) is 39.2 Å². The maximum atomic E-state index is 9.70. The zero-order chi connectivity index (χ0) is 20.8. The Bertz CT molecular complexity index is 722. The number of phenolic OH excluding ortho intramolecular Hbond substituents is 2. The zero-order valence-corrected chi connectivity index (χ0v) is 17.3. The Morgan fingerprint density at radius 2 is 1.46 bits per heavy atom. The number of phenols is 2. The Labute approximate surface area is 171 Å². The Balaban J connectivity index is 0. The van der Waals surface area contributed by atoms with Gasteiger partial charge < -0.3 is 25.7 Å². The molecular formula is C20H30ClNO6. The van der Waals surface area contributed by atoms with Crippen molar-refractivity contribution in [2.24, 2.45) is 0 Å². The van der Waals surface area contributed by atoms with Gasteiger partial charge in [-0.1, -0.05) is 45.0 Å². The number of carboxylic acids is 2. The van der Waals surface area contributed by atoms with Crippen LogP contribution in [0.3, 0.4) is 0 Å². The summed E-state index contributed by atoms with van der Waals surface area (Å²) in [7, 11) is 0. The highest BCUT2D eigenvalue weighted by Gasteiger charge is 2.05. The lowest BCUT2D eigenvalue weighted by Crippen LogP contribution is -2.15. The molecule has 0 aromatic heterocycles. The molecule has 0 heterocycles. The molecule has 0 atom stereocenters. The number of benzene rings is 2. The predicted molar refractivity (Wildman–Crippen MR) is 113 cm³/mol. The molecule has 0 unspecified atom stereocenters. The molecule has 0 bridgehead atoms. The molecule has 0 aliphatic carbocycles. The van der Waals surface area contributed by atoms with Crippen molar-refractivity contribution < 1.29 is 30.0 Å². The average Bonchev–Trinajstić information content (AvgIpc) is 2.66. The highest BCUT2D eigenvalue weighted by Crippen LogP contribution is 2.33. The third-order valence-corrected chi connectivity index (χ3v) is 3.48. The minimum atomic E-state index is -0.745. The van der Waals surface area contributed by atoms with Crippen LogP contribution in [0, 0.1) is 0 Å². The number of halogens is 1. The van der Waals surface area contributed by atoms with Crippen molar-refractivity contribution >= 4 is 35.1 Å². The Morgan fingerprint density at radius 1 is 0.929 bits per heavy atom. The molecule has 28 heavy (non-hydrogen) atoms. The van der Waals surface area contributed by atoms with Crippen molar-refractivity contribution in [1.82, 2.24) is 5.32 Å². The third-order valence-electron chi connectivity index (χ3n) is 3.48. The Kier molecular flexibility index (Phi) is 15.4. The van der Waals surface area contributed by atoms with Crippen molar-refractivity contribution in [3.8, 4) is 11.5 Å². The van der Waals surface area contributed by atoms with Gasteiger partial charge in [0.2, 0.25) is 0 Å². The Hall–Kier alpha value is -2.51. The molecule has 0 spiro atoms. The lowest BCUT2D eigenvalue weighted by molar-refractivity contribution is -0.137. The van der Waals surface area contributed by atoms with E-state index in [0.29, 0.717) is 5.39 Å². The van der Waals surface area contributed by atoms with Gasteiger partial charge in [0.1, 0.15) is 0 Å². The van der Waals surface area contributed by atoms with E-state index in [4.69, 9.17) is 10.2 Å². The highest BCUT2D eigenvalue weighted by atomic mass is 35.5. The summed E-state index contributed by atoms with van der Waals surface area (Å²) in [6, 6.07) is 9.23. The van der Waals surface area contributed by atoms with Gasteiger partial charge in [0, 0.05) is 18.2 Å². The van der Waals surface area contributed by atoms with Gasteiger partial charge in [-0.05, 0) is 36.5 Å². The predicted octanol–water partition coefficient (Wildman–Crippen LogP) is 3.79. The summed E-state index contributed by atoms with van der Waals surface area (Å²) in [5.41, 5.74) is 1.23. The number of hydrogen-bond donors (Lipinski definition) is 5. The number of likely N-dealkylation sites (N-methyl/N-ethyl adjacent to an activating group) is 1. The molecule has 5 N–H and O–H groups in total. The lowest BCUT2D eigenvalue weighted by atomic mass is 10.0. The van der Waals surface area contributed by atoms with Crippen LogP contribution >= 0.6 is 12.4 Å². The van der Waals surface area contributed by atoms with Crippen LogP contribution in [0.2, 0.25) is 0 Å². The first-order valence-corrected chi connectivity index (χ1v) is 8.84. The molecule has 0 saturated carbocycles. The second-order valence-corrected chi connectivity index (χ2v) is 5.59. The van der Waals surface area contributed by atoms with Crippen LogP contribution in [-0.2, 0) is 16.0 Å². The van der Waals surface area contributed by atoms with E-state index in [1.165, 1.54) is 11.6 Å². The van der Waals surface area contributed by atoms with E-state index in [1.54, 1.807) is 13.8 Å². The summed E-state index contributed by atoms with van der Waals surface area (Å²) >= 11 is 0. The molecule has 2 rings (SSSR count). The maximum absolute atomic E-state index is 9.70. The van der Waals surface area contributed by atoms with Crippen LogP contribution in [0.15, 0.2) is 30.3 Å². The summed E-state index contributed by atoms with van der Waals surface area (Å²) < 4.78 is 0. The van der Waals surface area contributed by atoms with Crippen molar-refractivity contribution in [1.29, 1.82) is 0 Å². The van der Waals surface area contributed by atoms with E-state index < -0.39 is 11.9 Å². The van der Waals surface area contributed by atoms with Gasteiger partial charge in [-0.25, -0.2) is 0 Å². The SMILES string of the molecule is CCC(=O)O.CCC(=O)O.CCNCCc1ccc2c(O)c(O)ccc2c1.Cl. The summed E-state index contributed by atoms with van der Waals surface area (Å²) in [6.45, 7) is 7.21. The number of fused-ring (bicyclic) bond motifs is 1. The van der Waals surface area contributed by atoms with Crippen LogP contribution in [0.4, 0.5) is 0 Å². The fourth-order valence-corrected chi connectivity index (χ4v) is 1.92. The molecule has 0 amide bonds. The molecule has 158 valence electrons. The van der Waals surface area contributed by atoms with Crippen LogP contribution < -0.4 is 5.32 Å². The first kappa shape index (κ1) is 27.7. The van der Waals surface area contributed by atoms with Gasteiger partial charge in [0.25, 0.3) is 0 Å². The number of hydrogen-bond acceptors (Lipinski definition) is 5. The molecular weight excluding hydrogens is 386 g/mol. The maximum Gasteiger partial charge on any atom is 0.303 e. The topological polar surface area (TPSA) is 127 Å². The molecule has 8 heteroatoms. The molecule has 7 nitrogen and oxygen atoms in total. The fourth-order valence-electron chi connectivity index (χ4n) is 1.92. The Morgan fingerprint density at radius 3 is 1.93 bits per heavy atom. The normalized spacial score (nSPS) is 9.25. The highest BCUT2D eigenvalue weighted by molar-refractivity contribution is 5.90. The van der Waals surface area contributed by atoms with E-state index in [2.05, 4.69) is 12.2 Å². The average molecular weight is 416 g/mol. The monoisotopic (exact) mass is 415 g/mol. The number of nitrogens with one attached hydrogen (secondary N) is 1. The van der Waals surface area contributed by atoms with Crippen molar-refractivity contribution in [3.63, 3.8) is 0 Å². The fraction of sp³-hybridized carbons (Fsp3) is 0.400. The largest absolute Gasteiger partial charge is 0.504 e. The van der Waals surface area contributed by atoms with Crippen molar-refractivity contribution in [2.45, 2.75) is 40.0 Å². The number of aromatic hydroxyl groups is 2. The smallest absolute Gasteiger partial charge is 0.303 e. The molecule has 0 radical (unpaired) electrons. The van der Waals surface area contributed by atoms with E-state index >= 15 is 0 Å². The second kappa shape index (κ2) is 15.5. The molecule has 0 saturated heterocycles. The molecule has 0 fully saturated rings. The summed E-state index contributed by atoms with van der Waals surface area (Å²) in [5.74, 6) is -1.60. The number of rotatable bonds is 6. The van der Waals surface area contributed by atoms with E-state index in [-0.39, 0.29) is 36.7 Å². The molecule has 0 aliphatic rings. The molecule has 2 aromatic rings. The van der Waals surface area contributed by atoms with Gasteiger partial charge in [0.15, 0.2) is 11.5 Å². The standard InChI is InChI=1S/C14H17NO2.2C3H6O2.ClH/c1-2-15-8-7-10-3-5-12-11(9-10)4-6-13(16)14(12)17;2*1-2-3(4)5;/h3-6,9,15-17H,2,7-8H2,1H3;2*2H2,1H3,(H,4,5);1H. The molecule has 2 aromatic carbocycles. The van der Waals surface area contributed by atoms with Crippen molar-refractivity contribution in [2.75, 3.05) is 13.1 Å². The van der Waals surface area contributed by atoms with Crippen LogP contribution in [0.25, 0.3) is 10.8 Å².